The summed E-state index contributed by atoms with van der Waals surface area (Å²) < 4.78 is 11.8. The highest BCUT2D eigenvalue weighted by Crippen LogP contribution is 2.34. The second kappa shape index (κ2) is 10.4. The maximum absolute atomic E-state index is 11.4. The highest BCUT2D eigenvalue weighted by molar-refractivity contribution is 5.73. The normalized spacial score (nSPS) is 19.7. The molecule has 0 aliphatic carbocycles. The fourth-order valence-electron chi connectivity index (χ4n) is 5.86. The van der Waals surface area contributed by atoms with E-state index in [0.29, 0.717) is 32.2 Å². The Bertz CT molecular complexity index is 1350. The summed E-state index contributed by atoms with van der Waals surface area (Å²) in [7, 11) is 0. The van der Waals surface area contributed by atoms with Gasteiger partial charge in [-0.3, -0.25) is 9.69 Å². The Hall–Kier alpha value is -3.42. The van der Waals surface area contributed by atoms with Crippen LogP contribution in [-0.4, -0.2) is 59.8 Å². The lowest BCUT2D eigenvalue weighted by Crippen LogP contribution is -2.50. The summed E-state index contributed by atoms with van der Waals surface area (Å²) in [6.45, 7) is 9.79. The third kappa shape index (κ3) is 4.88. The topological polar surface area (TPSA) is 75.1 Å². The molecule has 0 amide bonds. The van der Waals surface area contributed by atoms with Gasteiger partial charge in [0.2, 0.25) is 0 Å². The van der Waals surface area contributed by atoms with Gasteiger partial charge >= 0.3 is 5.97 Å². The van der Waals surface area contributed by atoms with E-state index in [4.69, 9.17) is 14.5 Å². The summed E-state index contributed by atoms with van der Waals surface area (Å²) >= 11 is 0. The zero-order valence-corrected chi connectivity index (χ0v) is 22.2. The summed E-state index contributed by atoms with van der Waals surface area (Å²) in [5.74, 6) is 0.541. The number of rotatable bonds is 7. The third-order valence-corrected chi connectivity index (χ3v) is 8.36. The SMILES string of the molecule is Cc1ccc(OCc2ccc3c(c2C)CCN(C2COC2)C3)c(-c2cccc(N3CCC(C(=O)O)C3)n2)c1. The minimum Gasteiger partial charge on any atom is -0.488 e. The number of carbonyl (C=O) groups is 1. The maximum atomic E-state index is 11.4. The zero-order valence-electron chi connectivity index (χ0n) is 22.2. The predicted octanol–water partition coefficient (Wildman–Crippen LogP) is 4.61. The molecule has 1 unspecified atom stereocenters. The lowest BCUT2D eigenvalue weighted by atomic mass is 9.91. The number of aliphatic carboxylic acids is 1. The van der Waals surface area contributed by atoms with Gasteiger partial charge in [-0.25, -0.2) is 4.98 Å². The molecule has 3 aromatic rings. The van der Waals surface area contributed by atoms with Crippen LogP contribution in [0.25, 0.3) is 11.3 Å². The summed E-state index contributed by atoms with van der Waals surface area (Å²) in [5, 5.41) is 9.39. The van der Waals surface area contributed by atoms with Crippen molar-refractivity contribution in [1.29, 1.82) is 0 Å². The maximum Gasteiger partial charge on any atom is 0.308 e. The van der Waals surface area contributed by atoms with Gasteiger partial charge in [-0.05, 0) is 73.2 Å². The third-order valence-electron chi connectivity index (χ3n) is 8.36. The Labute approximate surface area is 224 Å². The van der Waals surface area contributed by atoms with Gasteiger partial charge in [0.25, 0.3) is 0 Å². The second-order valence-electron chi connectivity index (χ2n) is 10.8. The molecule has 0 bridgehead atoms. The van der Waals surface area contributed by atoms with Crippen LogP contribution in [-0.2, 0) is 29.1 Å². The van der Waals surface area contributed by atoms with E-state index >= 15 is 0 Å². The zero-order chi connectivity index (χ0) is 26.2. The predicted molar refractivity (Wildman–Crippen MR) is 147 cm³/mol. The van der Waals surface area contributed by atoms with E-state index in [1.165, 1.54) is 22.3 Å². The van der Waals surface area contributed by atoms with Crippen LogP contribution in [0.1, 0.15) is 34.2 Å². The Morgan fingerprint density at radius 3 is 2.76 bits per heavy atom. The van der Waals surface area contributed by atoms with Gasteiger partial charge in [0.1, 0.15) is 18.2 Å². The molecular weight excluding hydrogens is 478 g/mol. The van der Waals surface area contributed by atoms with Gasteiger partial charge in [0.05, 0.1) is 30.9 Å². The molecule has 3 aliphatic rings. The first-order chi connectivity index (χ1) is 18.5. The number of hydrogen-bond donors (Lipinski definition) is 1. The number of aromatic nitrogens is 1. The highest BCUT2D eigenvalue weighted by Gasteiger charge is 2.30. The van der Waals surface area contributed by atoms with Gasteiger partial charge in [0, 0.05) is 31.7 Å². The number of hydrogen-bond acceptors (Lipinski definition) is 6. The number of anilines is 1. The van der Waals surface area contributed by atoms with E-state index in [1.807, 2.05) is 24.3 Å². The van der Waals surface area contributed by atoms with Crippen LogP contribution in [0, 0.1) is 19.8 Å². The van der Waals surface area contributed by atoms with Crippen LogP contribution in [0.3, 0.4) is 0 Å². The van der Waals surface area contributed by atoms with E-state index in [2.05, 4.69) is 47.9 Å². The van der Waals surface area contributed by atoms with E-state index < -0.39 is 5.97 Å². The molecule has 2 saturated heterocycles. The molecule has 3 aliphatic heterocycles. The average Bonchev–Trinajstić information content (AvgIpc) is 3.39. The number of ether oxygens (including phenoxy) is 2. The van der Waals surface area contributed by atoms with E-state index in [0.717, 1.165) is 61.1 Å². The van der Waals surface area contributed by atoms with E-state index in [9.17, 15) is 9.90 Å². The number of nitrogens with zero attached hydrogens (tertiary/aromatic N) is 3. The van der Waals surface area contributed by atoms with Crippen molar-refractivity contribution in [2.75, 3.05) is 37.7 Å². The van der Waals surface area contributed by atoms with Crippen molar-refractivity contribution in [3.05, 3.63) is 76.3 Å². The molecule has 0 spiro atoms. The Balaban J connectivity index is 1.20. The van der Waals surface area contributed by atoms with Crippen molar-refractivity contribution in [3.8, 4) is 17.0 Å². The van der Waals surface area contributed by atoms with Gasteiger partial charge in [-0.2, -0.15) is 0 Å². The molecule has 0 saturated carbocycles. The summed E-state index contributed by atoms with van der Waals surface area (Å²) in [6, 6.07) is 17.2. The smallest absolute Gasteiger partial charge is 0.308 e. The number of aryl methyl sites for hydroxylation is 1. The minimum absolute atomic E-state index is 0.339. The van der Waals surface area contributed by atoms with Crippen LogP contribution in [0.4, 0.5) is 5.82 Å². The number of carboxylic acids is 1. The lowest BCUT2D eigenvalue weighted by Gasteiger charge is -2.40. The summed E-state index contributed by atoms with van der Waals surface area (Å²) in [4.78, 5) is 21.0. The van der Waals surface area contributed by atoms with Gasteiger partial charge < -0.3 is 19.5 Å². The van der Waals surface area contributed by atoms with E-state index in [1.54, 1.807) is 0 Å². The number of benzene rings is 2. The quantitative estimate of drug-likeness (QED) is 0.494. The molecule has 38 heavy (non-hydrogen) atoms. The van der Waals surface area contributed by atoms with Crippen molar-refractivity contribution < 1.29 is 19.4 Å². The largest absolute Gasteiger partial charge is 0.488 e. The molecule has 1 aromatic heterocycles. The standard InChI is InChI=1S/C31H35N3O4/c1-20-6-9-29(27(14-20)28-4-3-5-30(32-28)34-12-10-23(16-34)31(35)36)38-17-24-8-7-22-15-33(25-18-37-19-25)13-11-26(22)21(24)2/h3-9,14,23,25H,10-13,15-19H2,1-2H3,(H,35,36). The summed E-state index contributed by atoms with van der Waals surface area (Å²) in [6.07, 6.45) is 1.71. The van der Waals surface area contributed by atoms with Crippen LogP contribution < -0.4 is 9.64 Å². The lowest BCUT2D eigenvalue weighted by molar-refractivity contribution is -0.140. The average molecular weight is 514 g/mol. The molecule has 7 nitrogen and oxygen atoms in total. The Morgan fingerprint density at radius 1 is 1.13 bits per heavy atom. The highest BCUT2D eigenvalue weighted by atomic mass is 16.5. The molecule has 0 radical (unpaired) electrons. The first-order valence-electron chi connectivity index (χ1n) is 13.6. The molecule has 1 N–H and O–H groups in total. The molecule has 6 rings (SSSR count). The van der Waals surface area contributed by atoms with Crippen LogP contribution >= 0.6 is 0 Å². The van der Waals surface area contributed by atoms with Crippen molar-refractivity contribution in [3.63, 3.8) is 0 Å². The van der Waals surface area contributed by atoms with Gasteiger partial charge in [-0.15, -0.1) is 0 Å². The van der Waals surface area contributed by atoms with Crippen LogP contribution in [0.5, 0.6) is 5.75 Å². The number of fused-ring (bicyclic) bond motifs is 1. The number of pyridine rings is 1. The molecule has 2 fully saturated rings. The van der Waals surface area contributed by atoms with Crippen molar-refractivity contribution in [2.45, 2.75) is 45.9 Å². The van der Waals surface area contributed by atoms with Crippen molar-refractivity contribution in [1.82, 2.24) is 9.88 Å². The molecule has 198 valence electrons. The van der Waals surface area contributed by atoms with Crippen molar-refractivity contribution in [2.24, 2.45) is 5.92 Å². The van der Waals surface area contributed by atoms with Crippen LogP contribution in [0.15, 0.2) is 48.5 Å². The molecule has 2 aromatic carbocycles. The molecule has 7 heteroatoms. The fourth-order valence-corrected chi connectivity index (χ4v) is 5.86. The number of carboxylic acid groups (broad SMARTS) is 1. The Kier molecular flexibility index (Phi) is 6.80. The second-order valence-corrected chi connectivity index (χ2v) is 10.8. The Morgan fingerprint density at radius 2 is 2.00 bits per heavy atom. The van der Waals surface area contributed by atoms with Gasteiger partial charge in [-0.1, -0.05) is 29.8 Å². The fraction of sp³-hybridized carbons (Fsp3) is 0.419. The monoisotopic (exact) mass is 513 g/mol. The summed E-state index contributed by atoms with van der Waals surface area (Å²) in [5.41, 5.74) is 8.37. The molecule has 4 heterocycles. The molecule has 1 atom stereocenters. The first-order valence-corrected chi connectivity index (χ1v) is 13.6. The van der Waals surface area contributed by atoms with Gasteiger partial charge in [0.15, 0.2) is 0 Å². The minimum atomic E-state index is -0.735. The van der Waals surface area contributed by atoms with E-state index in [-0.39, 0.29) is 5.92 Å². The first kappa shape index (κ1) is 24.9. The van der Waals surface area contributed by atoms with Crippen LogP contribution in [0.2, 0.25) is 0 Å². The van der Waals surface area contributed by atoms with Crippen molar-refractivity contribution >= 4 is 11.8 Å². The molecular formula is C31H35N3O4.